The smallest absolute Gasteiger partial charge is 0.254 e. The van der Waals surface area contributed by atoms with E-state index in [1.165, 1.54) is 0 Å². The fourth-order valence-corrected chi connectivity index (χ4v) is 3.73. The Morgan fingerprint density at radius 1 is 1.03 bits per heavy atom. The Morgan fingerprint density at radius 2 is 1.79 bits per heavy atom. The van der Waals surface area contributed by atoms with Gasteiger partial charge in [0.25, 0.3) is 5.91 Å². The standard InChI is InChI=1S/C24H26N2O3/c1-25-14-12-20(13-15-25)26(18-23-11-6-16-28-23)24(27)19-7-5-10-22(17-19)29-21-8-3-2-4-9-21/h2-11,16-17,20H,12-15,18H2,1H3. The van der Waals surface area contributed by atoms with Crippen LogP contribution in [0.4, 0.5) is 0 Å². The number of rotatable bonds is 6. The van der Waals surface area contributed by atoms with Crippen LogP contribution in [0.2, 0.25) is 0 Å². The van der Waals surface area contributed by atoms with E-state index in [0.29, 0.717) is 17.9 Å². The van der Waals surface area contributed by atoms with Crippen LogP contribution >= 0.6 is 0 Å². The molecule has 0 aliphatic carbocycles. The maximum atomic E-state index is 13.5. The third-order valence-corrected chi connectivity index (χ3v) is 5.36. The molecule has 0 atom stereocenters. The minimum atomic E-state index is 0.00876. The maximum absolute atomic E-state index is 13.5. The summed E-state index contributed by atoms with van der Waals surface area (Å²) in [6, 6.07) is 21.0. The van der Waals surface area contributed by atoms with Crippen molar-refractivity contribution in [1.29, 1.82) is 0 Å². The zero-order valence-electron chi connectivity index (χ0n) is 16.7. The van der Waals surface area contributed by atoms with Crippen molar-refractivity contribution >= 4 is 5.91 Å². The van der Waals surface area contributed by atoms with Crippen molar-refractivity contribution in [2.75, 3.05) is 20.1 Å². The molecule has 0 N–H and O–H groups in total. The van der Waals surface area contributed by atoms with Gasteiger partial charge in [0.15, 0.2) is 0 Å². The third kappa shape index (κ3) is 4.87. The average Bonchev–Trinajstić information content (AvgIpc) is 3.27. The van der Waals surface area contributed by atoms with Gasteiger partial charge in [0.1, 0.15) is 17.3 Å². The molecular formula is C24H26N2O3. The molecule has 2 aromatic carbocycles. The molecule has 1 aliphatic heterocycles. The molecule has 0 bridgehead atoms. The highest BCUT2D eigenvalue weighted by molar-refractivity contribution is 5.94. The molecule has 3 aromatic rings. The third-order valence-electron chi connectivity index (χ3n) is 5.36. The molecule has 0 spiro atoms. The summed E-state index contributed by atoms with van der Waals surface area (Å²) in [7, 11) is 2.12. The first kappa shape index (κ1) is 19.3. The zero-order chi connectivity index (χ0) is 20.1. The van der Waals surface area contributed by atoms with Gasteiger partial charge in [-0.05, 0) is 75.4 Å². The molecular weight excluding hydrogens is 364 g/mol. The van der Waals surface area contributed by atoms with E-state index in [4.69, 9.17) is 9.15 Å². The van der Waals surface area contributed by atoms with E-state index in [1.54, 1.807) is 6.26 Å². The van der Waals surface area contributed by atoms with Crippen molar-refractivity contribution < 1.29 is 13.9 Å². The number of carbonyl (C=O) groups excluding carboxylic acids is 1. The van der Waals surface area contributed by atoms with Crippen LogP contribution in [0, 0.1) is 0 Å². The molecule has 150 valence electrons. The molecule has 1 fully saturated rings. The van der Waals surface area contributed by atoms with Crippen molar-refractivity contribution in [3.63, 3.8) is 0 Å². The Hall–Kier alpha value is -3.05. The molecule has 0 saturated carbocycles. The first-order chi connectivity index (χ1) is 14.2. The highest BCUT2D eigenvalue weighted by Crippen LogP contribution is 2.25. The van der Waals surface area contributed by atoms with Gasteiger partial charge >= 0.3 is 0 Å². The van der Waals surface area contributed by atoms with Gasteiger partial charge in [-0.1, -0.05) is 24.3 Å². The largest absolute Gasteiger partial charge is 0.467 e. The summed E-state index contributed by atoms with van der Waals surface area (Å²) < 4.78 is 11.5. The van der Waals surface area contributed by atoms with Crippen LogP contribution in [-0.2, 0) is 6.54 Å². The van der Waals surface area contributed by atoms with Crippen LogP contribution in [0.3, 0.4) is 0 Å². The summed E-state index contributed by atoms with van der Waals surface area (Å²) in [6.45, 7) is 2.46. The number of piperidine rings is 1. The van der Waals surface area contributed by atoms with E-state index in [0.717, 1.165) is 37.4 Å². The Labute approximate surface area is 171 Å². The molecule has 2 heterocycles. The number of benzene rings is 2. The lowest BCUT2D eigenvalue weighted by molar-refractivity contribution is 0.0550. The number of hydrogen-bond acceptors (Lipinski definition) is 4. The fourth-order valence-electron chi connectivity index (χ4n) is 3.73. The first-order valence-electron chi connectivity index (χ1n) is 10.0. The minimum Gasteiger partial charge on any atom is -0.467 e. The molecule has 5 nitrogen and oxygen atoms in total. The summed E-state index contributed by atoms with van der Waals surface area (Å²) >= 11 is 0. The lowest BCUT2D eigenvalue weighted by Gasteiger charge is -2.37. The Bertz CT molecular complexity index is 916. The minimum absolute atomic E-state index is 0.00876. The maximum Gasteiger partial charge on any atom is 0.254 e. The molecule has 0 unspecified atom stereocenters. The van der Waals surface area contributed by atoms with Crippen molar-refractivity contribution in [2.45, 2.75) is 25.4 Å². The summed E-state index contributed by atoms with van der Waals surface area (Å²) in [6.07, 6.45) is 3.58. The predicted molar refractivity (Wildman–Crippen MR) is 112 cm³/mol. The number of furan rings is 1. The number of para-hydroxylation sites is 1. The topological polar surface area (TPSA) is 45.9 Å². The van der Waals surface area contributed by atoms with Gasteiger partial charge in [0.2, 0.25) is 0 Å². The van der Waals surface area contributed by atoms with E-state index < -0.39 is 0 Å². The van der Waals surface area contributed by atoms with Gasteiger partial charge in [0.05, 0.1) is 12.8 Å². The van der Waals surface area contributed by atoms with Crippen molar-refractivity contribution in [2.24, 2.45) is 0 Å². The summed E-state index contributed by atoms with van der Waals surface area (Å²) in [4.78, 5) is 17.7. The molecule has 0 radical (unpaired) electrons. The highest BCUT2D eigenvalue weighted by atomic mass is 16.5. The number of ether oxygens (including phenoxy) is 1. The summed E-state index contributed by atoms with van der Waals surface area (Å²) in [5.74, 6) is 2.21. The van der Waals surface area contributed by atoms with E-state index in [2.05, 4.69) is 11.9 Å². The number of carbonyl (C=O) groups is 1. The fraction of sp³-hybridized carbons (Fsp3) is 0.292. The number of hydrogen-bond donors (Lipinski definition) is 0. The SMILES string of the molecule is CN1CCC(N(Cc2ccco2)C(=O)c2cccc(Oc3ccccc3)c2)CC1. The van der Waals surface area contributed by atoms with Crippen molar-refractivity contribution in [3.8, 4) is 11.5 Å². The van der Waals surface area contributed by atoms with Crippen LogP contribution < -0.4 is 4.74 Å². The van der Waals surface area contributed by atoms with Gasteiger partial charge in [-0.25, -0.2) is 0 Å². The average molecular weight is 390 g/mol. The van der Waals surface area contributed by atoms with E-state index in [9.17, 15) is 4.79 Å². The Morgan fingerprint density at radius 3 is 2.52 bits per heavy atom. The second-order valence-corrected chi connectivity index (χ2v) is 7.49. The quantitative estimate of drug-likeness (QED) is 0.606. The van der Waals surface area contributed by atoms with Gasteiger partial charge in [-0.3, -0.25) is 4.79 Å². The van der Waals surface area contributed by atoms with Gasteiger partial charge in [-0.15, -0.1) is 0 Å². The Kier molecular flexibility index (Phi) is 5.96. The molecule has 5 heteroatoms. The zero-order valence-corrected chi connectivity index (χ0v) is 16.7. The first-order valence-corrected chi connectivity index (χ1v) is 10.0. The normalized spacial score (nSPS) is 15.2. The summed E-state index contributed by atoms with van der Waals surface area (Å²) in [5.41, 5.74) is 0.629. The molecule has 29 heavy (non-hydrogen) atoms. The van der Waals surface area contributed by atoms with Gasteiger partial charge in [-0.2, -0.15) is 0 Å². The molecule has 1 aliphatic rings. The molecule has 1 aromatic heterocycles. The van der Waals surface area contributed by atoms with Crippen LogP contribution in [0.1, 0.15) is 29.0 Å². The lowest BCUT2D eigenvalue weighted by Crippen LogP contribution is -2.46. The van der Waals surface area contributed by atoms with Gasteiger partial charge in [0, 0.05) is 11.6 Å². The molecule has 1 saturated heterocycles. The van der Waals surface area contributed by atoms with Gasteiger partial charge < -0.3 is 19.0 Å². The van der Waals surface area contributed by atoms with Crippen LogP contribution in [-0.4, -0.2) is 41.9 Å². The van der Waals surface area contributed by atoms with E-state index in [1.807, 2.05) is 71.6 Å². The van der Waals surface area contributed by atoms with E-state index >= 15 is 0 Å². The van der Waals surface area contributed by atoms with Crippen molar-refractivity contribution in [3.05, 3.63) is 84.3 Å². The molecule has 1 amide bonds. The van der Waals surface area contributed by atoms with E-state index in [-0.39, 0.29) is 11.9 Å². The highest BCUT2D eigenvalue weighted by Gasteiger charge is 2.28. The second-order valence-electron chi connectivity index (χ2n) is 7.49. The van der Waals surface area contributed by atoms with Crippen LogP contribution in [0.5, 0.6) is 11.5 Å². The molecule has 4 rings (SSSR count). The predicted octanol–water partition coefficient (Wildman–Crippen LogP) is 4.81. The van der Waals surface area contributed by atoms with Crippen LogP contribution in [0.25, 0.3) is 0 Å². The Balaban J connectivity index is 1.55. The second kappa shape index (κ2) is 8.97. The van der Waals surface area contributed by atoms with Crippen molar-refractivity contribution in [1.82, 2.24) is 9.80 Å². The number of nitrogens with zero attached hydrogens (tertiary/aromatic N) is 2. The summed E-state index contributed by atoms with van der Waals surface area (Å²) in [5, 5.41) is 0. The lowest BCUT2D eigenvalue weighted by atomic mass is 10.0. The monoisotopic (exact) mass is 390 g/mol. The number of likely N-dealkylation sites (tertiary alicyclic amines) is 1. The van der Waals surface area contributed by atoms with Crippen LogP contribution in [0.15, 0.2) is 77.4 Å². The number of amides is 1.